The van der Waals surface area contributed by atoms with E-state index in [1.165, 1.54) is 24.3 Å². The molecule has 0 unspecified atom stereocenters. The maximum absolute atomic E-state index is 13.8. The fourth-order valence-corrected chi connectivity index (χ4v) is 5.05. The highest BCUT2D eigenvalue weighted by molar-refractivity contribution is 7.19. The molecule has 0 saturated heterocycles. The zero-order chi connectivity index (χ0) is 27.9. The molecule has 0 bridgehead atoms. The van der Waals surface area contributed by atoms with Gasteiger partial charge in [0.2, 0.25) is 0 Å². The first kappa shape index (κ1) is 27.4. The molecule has 4 rings (SSSR count). The van der Waals surface area contributed by atoms with Gasteiger partial charge in [-0.3, -0.25) is 0 Å². The van der Waals surface area contributed by atoms with Crippen LogP contribution >= 0.6 is 0 Å². The van der Waals surface area contributed by atoms with Gasteiger partial charge in [-0.1, -0.05) is 103 Å². The normalized spacial score (nSPS) is 13.0. The number of hydrogen-bond acceptors (Lipinski definition) is 0. The molecule has 0 aromatic heterocycles. The molecule has 0 saturated carbocycles. The minimum absolute atomic E-state index is 0.0796. The summed E-state index contributed by atoms with van der Waals surface area (Å²) in [6, 6.07) is 18.3. The highest BCUT2D eigenvalue weighted by Gasteiger charge is 2.39. The SMILES string of the molecule is Cc1cccc([B-](c2cccc(C(F)(F)F)c2)(c2cccc(C(F)(F)F)c2)c2cccc(C(F)(F)F)c2)c1. The largest absolute Gasteiger partial charge is 0.416 e. The Bertz CT molecular complexity index is 1310. The van der Waals surface area contributed by atoms with E-state index < -0.39 is 41.4 Å². The van der Waals surface area contributed by atoms with E-state index in [4.69, 9.17) is 0 Å². The van der Waals surface area contributed by atoms with Crippen LogP contribution in [0.5, 0.6) is 0 Å². The molecule has 0 spiro atoms. The van der Waals surface area contributed by atoms with Crippen molar-refractivity contribution >= 4 is 28.0 Å². The number of benzene rings is 4. The average molecular weight is 537 g/mol. The van der Waals surface area contributed by atoms with Crippen molar-refractivity contribution in [2.24, 2.45) is 0 Å². The van der Waals surface area contributed by atoms with Crippen molar-refractivity contribution in [3.05, 3.63) is 119 Å². The second kappa shape index (κ2) is 9.56. The van der Waals surface area contributed by atoms with E-state index in [9.17, 15) is 39.5 Å². The number of halogens is 9. The summed E-state index contributed by atoms with van der Waals surface area (Å²) in [6.07, 6.45) is -17.4. The van der Waals surface area contributed by atoms with Crippen molar-refractivity contribution in [1.29, 1.82) is 0 Å². The monoisotopic (exact) mass is 537 g/mol. The van der Waals surface area contributed by atoms with E-state index in [1.54, 1.807) is 25.1 Å². The van der Waals surface area contributed by atoms with Crippen LogP contribution in [0.3, 0.4) is 0 Å². The zero-order valence-electron chi connectivity index (χ0n) is 19.7. The Kier molecular flexibility index (Phi) is 6.88. The Morgan fingerprint density at radius 1 is 0.421 bits per heavy atom. The molecule has 0 N–H and O–H groups in total. The van der Waals surface area contributed by atoms with Gasteiger partial charge in [0.1, 0.15) is 6.15 Å². The van der Waals surface area contributed by atoms with E-state index in [0.717, 1.165) is 54.6 Å². The summed E-state index contributed by atoms with van der Waals surface area (Å²) in [5.74, 6) is 0. The van der Waals surface area contributed by atoms with Crippen molar-refractivity contribution in [3.8, 4) is 0 Å². The standard InChI is InChI=1S/C28H19BF9/c1-18-6-2-10-22(14-18)29(23-11-3-7-19(15-23)26(30,31)32,24-12-4-8-20(16-24)27(33,34)35)25-13-5-9-21(17-25)28(36,37)38/h2-17H,1H3/q-1. The van der Waals surface area contributed by atoms with Crippen molar-refractivity contribution < 1.29 is 39.5 Å². The molecule has 0 nitrogen and oxygen atoms in total. The number of hydrogen-bond donors (Lipinski definition) is 0. The molecular weight excluding hydrogens is 518 g/mol. The minimum Gasteiger partial charge on any atom is -0.195 e. The average Bonchev–Trinajstić information content (AvgIpc) is 2.84. The summed E-state index contributed by atoms with van der Waals surface area (Å²) in [4.78, 5) is 0. The molecule has 0 heterocycles. The van der Waals surface area contributed by atoms with Crippen LogP contribution in [0.2, 0.25) is 0 Å². The van der Waals surface area contributed by atoms with Gasteiger partial charge in [0.05, 0.1) is 16.7 Å². The van der Waals surface area contributed by atoms with Crippen molar-refractivity contribution in [3.63, 3.8) is 0 Å². The molecule has 38 heavy (non-hydrogen) atoms. The van der Waals surface area contributed by atoms with Crippen LogP contribution in [0.25, 0.3) is 0 Å². The molecule has 0 radical (unpaired) electrons. The predicted molar refractivity (Wildman–Crippen MR) is 130 cm³/mol. The molecule has 4 aromatic rings. The fourth-order valence-electron chi connectivity index (χ4n) is 5.05. The highest BCUT2D eigenvalue weighted by atomic mass is 19.4. The van der Waals surface area contributed by atoms with Gasteiger partial charge in [0.25, 0.3) is 0 Å². The van der Waals surface area contributed by atoms with Crippen molar-refractivity contribution in [2.75, 3.05) is 0 Å². The van der Waals surface area contributed by atoms with Crippen LogP contribution in [0.1, 0.15) is 22.3 Å². The van der Waals surface area contributed by atoms with Gasteiger partial charge >= 0.3 is 18.5 Å². The fraction of sp³-hybridized carbons (Fsp3) is 0.143. The second-order valence-electron chi connectivity index (χ2n) is 9.15. The Morgan fingerprint density at radius 2 is 0.711 bits per heavy atom. The maximum Gasteiger partial charge on any atom is 0.416 e. The summed E-state index contributed by atoms with van der Waals surface area (Å²) in [6.45, 7) is 1.68. The first-order valence-electron chi connectivity index (χ1n) is 11.4. The van der Waals surface area contributed by atoms with Crippen LogP contribution in [0.4, 0.5) is 39.5 Å². The summed E-state index contributed by atoms with van der Waals surface area (Å²) < 4.78 is 124. The molecule has 0 fully saturated rings. The highest BCUT2D eigenvalue weighted by Crippen LogP contribution is 2.32. The third-order valence-electron chi connectivity index (χ3n) is 6.68. The Labute approximate surface area is 212 Å². The lowest BCUT2D eigenvalue weighted by Gasteiger charge is -2.45. The Hall–Kier alpha value is -3.69. The van der Waals surface area contributed by atoms with Crippen LogP contribution in [-0.2, 0) is 18.5 Å². The summed E-state index contributed by atoms with van der Waals surface area (Å²) in [5.41, 5.74) is -2.58. The molecule has 4 aromatic carbocycles. The van der Waals surface area contributed by atoms with Gasteiger partial charge in [-0.15, -0.1) is 0 Å². The van der Waals surface area contributed by atoms with E-state index in [-0.39, 0.29) is 21.9 Å². The van der Waals surface area contributed by atoms with E-state index in [0.29, 0.717) is 5.56 Å². The third-order valence-corrected chi connectivity index (χ3v) is 6.68. The van der Waals surface area contributed by atoms with E-state index in [2.05, 4.69) is 0 Å². The second-order valence-corrected chi connectivity index (χ2v) is 9.15. The molecular formula is C28H19BF9-. The smallest absolute Gasteiger partial charge is 0.195 e. The number of alkyl halides is 9. The van der Waals surface area contributed by atoms with Gasteiger partial charge in [-0.2, -0.15) is 61.4 Å². The number of aryl methyl sites for hydroxylation is 1. The van der Waals surface area contributed by atoms with Gasteiger partial charge in [-0.05, 0) is 6.92 Å². The van der Waals surface area contributed by atoms with Crippen LogP contribution in [0.15, 0.2) is 97.1 Å². The van der Waals surface area contributed by atoms with Gasteiger partial charge in [-0.25, -0.2) is 0 Å². The lowest BCUT2D eigenvalue weighted by molar-refractivity contribution is -0.138. The summed E-state index contributed by atoms with van der Waals surface area (Å²) in [5, 5.41) is 0. The van der Waals surface area contributed by atoms with E-state index in [1.807, 2.05) is 0 Å². The molecule has 0 atom stereocenters. The van der Waals surface area contributed by atoms with Gasteiger partial charge in [0.15, 0.2) is 0 Å². The quantitative estimate of drug-likeness (QED) is 0.208. The van der Waals surface area contributed by atoms with Crippen molar-refractivity contribution in [1.82, 2.24) is 0 Å². The maximum atomic E-state index is 13.8. The van der Waals surface area contributed by atoms with Crippen molar-refractivity contribution in [2.45, 2.75) is 25.5 Å². The van der Waals surface area contributed by atoms with Crippen LogP contribution in [0, 0.1) is 6.92 Å². The Morgan fingerprint density at radius 3 is 1.00 bits per heavy atom. The molecule has 10 heteroatoms. The zero-order valence-corrected chi connectivity index (χ0v) is 19.7. The Balaban J connectivity index is 2.22. The van der Waals surface area contributed by atoms with Gasteiger partial charge < -0.3 is 0 Å². The predicted octanol–water partition coefficient (Wildman–Crippen LogP) is 6.43. The molecule has 0 aliphatic carbocycles. The first-order chi connectivity index (χ1) is 17.6. The lowest BCUT2D eigenvalue weighted by atomic mass is 9.13. The van der Waals surface area contributed by atoms with E-state index >= 15 is 0 Å². The lowest BCUT2D eigenvalue weighted by Crippen LogP contribution is -2.75. The molecule has 0 amide bonds. The minimum atomic E-state index is -4.80. The topological polar surface area (TPSA) is 0 Å². The first-order valence-corrected chi connectivity index (χ1v) is 11.4. The summed E-state index contributed by atoms with van der Waals surface area (Å²) >= 11 is 0. The van der Waals surface area contributed by atoms with Crippen LogP contribution in [-0.4, -0.2) is 6.15 Å². The van der Waals surface area contributed by atoms with Crippen LogP contribution < -0.4 is 21.9 Å². The number of rotatable bonds is 4. The molecule has 0 aliphatic rings. The van der Waals surface area contributed by atoms with Gasteiger partial charge in [0, 0.05) is 0 Å². The molecule has 0 aliphatic heterocycles. The third kappa shape index (κ3) is 5.17. The summed E-state index contributed by atoms with van der Waals surface area (Å²) in [7, 11) is 0. The molecule has 198 valence electrons.